The number of nitrogens with zero attached hydrogens (tertiary/aromatic N) is 2. The third-order valence-corrected chi connectivity index (χ3v) is 5.05. The Morgan fingerprint density at radius 1 is 1.15 bits per heavy atom. The lowest BCUT2D eigenvalue weighted by Gasteiger charge is -2.37. The fourth-order valence-electron chi connectivity index (χ4n) is 3.63. The van der Waals surface area contributed by atoms with Crippen LogP contribution in [0.2, 0.25) is 0 Å². The van der Waals surface area contributed by atoms with E-state index in [0.29, 0.717) is 19.1 Å². The van der Waals surface area contributed by atoms with Gasteiger partial charge in [-0.15, -0.1) is 0 Å². The van der Waals surface area contributed by atoms with Crippen LogP contribution in [0.3, 0.4) is 0 Å². The number of nitrogen functional groups attached to an aromatic ring is 1. The zero-order valence-electron chi connectivity index (χ0n) is 16.3. The number of amides is 1. The molecule has 6 heteroatoms. The second kappa shape index (κ2) is 7.64. The molecule has 0 spiro atoms. The van der Waals surface area contributed by atoms with E-state index < -0.39 is 5.60 Å². The summed E-state index contributed by atoms with van der Waals surface area (Å²) in [5.41, 5.74) is 8.70. The van der Waals surface area contributed by atoms with Gasteiger partial charge < -0.3 is 25.6 Å². The first-order valence-electron chi connectivity index (χ1n) is 9.71. The summed E-state index contributed by atoms with van der Waals surface area (Å²) in [5, 5.41) is 3.61. The molecule has 0 atom stereocenters. The smallest absolute Gasteiger partial charge is 0.410 e. The number of nitrogens with one attached hydrogen (secondary N) is 1. The zero-order valence-corrected chi connectivity index (χ0v) is 16.3. The first kappa shape index (κ1) is 18.7. The molecule has 0 unspecified atom stereocenters. The molecule has 1 saturated heterocycles. The lowest BCUT2D eigenvalue weighted by Crippen LogP contribution is -2.50. The Kier molecular flexibility index (Phi) is 5.49. The third-order valence-electron chi connectivity index (χ3n) is 5.05. The molecule has 1 saturated carbocycles. The van der Waals surface area contributed by atoms with Crippen LogP contribution in [0.1, 0.15) is 46.5 Å². The molecule has 1 aliphatic carbocycles. The van der Waals surface area contributed by atoms with Crippen molar-refractivity contribution in [1.29, 1.82) is 0 Å². The van der Waals surface area contributed by atoms with E-state index in [1.165, 1.54) is 25.7 Å². The molecule has 1 heterocycles. The summed E-state index contributed by atoms with van der Waals surface area (Å²) in [6, 6.07) is 6.73. The van der Waals surface area contributed by atoms with Gasteiger partial charge in [-0.05, 0) is 51.8 Å². The molecule has 2 fully saturated rings. The molecule has 1 aromatic carbocycles. The van der Waals surface area contributed by atoms with Crippen molar-refractivity contribution in [3.8, 4) is 0 Å². The molecule has 1 aromatic rings. The van der Waals surface area contributed by atoms with Crippen molar-refractivity contribution in [2.24, 2.45) is 0 Å². The largest absolute Gasteiger partial charge is 0.444 e. The van der Waals surface area contributed by atoms with Gasteiger partial charge in [-0.3, -0.25) is 0 Å². The molecule has 1 aliphatic heterocycles. The summed E-state index contributed by atoms with van der Waals surface area (Å²) in [7, 11) is 0. The maximum absolute atomic E-state index is 12.2. The Morgan fingerprint density at radius 3 is 2.42 bits per heavy atom. The molecular weight excluding hydrogens is 328 g/mol. The van der Waals surface area contributed by atoms with Gasteiger partial charge in [0.25, 0.3) is 0 Å². The van der Waals surface area contributed by atoms with Crippen molar-refractivity contribution in [1.82, 2.24) is 4.90 Å². The molecule has 144 valence electrons. The quantitative estimate of drug-likeness (QED) is 0.805. The molecule has 26 heavy (non-hydrogen) atoms. The van der Waals surface area contributed by atoms with Crippen molar-refractivity contribution < 1.29 is 9.53 Å². The van der Waals surface area contributed by atoms with Crippen LogP contribution in [0.15, 0.2) is 18.2 Å². The topological polar surface area (TPSA) is 70.8 Å². The molecule has 1 amide bonds. The highest BCUT2D eigenvalue weighted by Crippen LogP contribution is 2.30. The van der Waals surface area contributed by atoms with E-state index in [2.05, 4.69) is 22.3 Å². The zero-order chi connectivity index (χ0) is 18.7. The molecular formula is C20H32N4O2. The highest BCUT2D eigenvalue weighted by molar-refractivity contribution is 5.73. The summed E-state index contributed by atoms with van der Waals surface area (Å²) in [6.07, 6.45) is 4.81. The van der Waals surface area contributed by atoms with Gasteiger partial charge in [-0.1, -0.05) is 12.8 Å². The Balaban J connectivity index is 1.59. The number of piperazine rings is 1. The average molecular weight is 361 g/mol. The van der Waals surface area contributed by atoms with Crippen LogP contribution in [0.5, 0.6) is 0 Å². The van der Waals surface area contributed by atoms with Crippen molar-refractivity contribution in [3.05, 3.63) is 18.2 Å². The second-order valence-corrected chi connectivity index (χ2v) is 8.35. The normalized spacial score (nSPS) is 18.9. The van der Waals surface area contributed by atoms with Crippen LogP contribution in [0, 0.1) is 0 Å². The van der Waals surface area contributed by atoms with Crippen LogP contribution in [0.25, 0.3) is 0 Å². The lowest BCUT2D eigenvalue weighted by molar-refractivity contribution is 0.0240. The Bertz CT molecular complexity index is 627. The van der Waals surface area contributed by atoms with Crippen LogP contribution < -0.4 is 16.0 Å². The highest BCUT2D eigenvalue weighted by atomic mass is 16.6. The first-order chi connectivity index (χ1) is 12.3. The predicted octanol–water partition coefficient (Wildman–Crippen LogP) is 3.68. The monoisotopic (exact) mass is 360 g/mol. The number of carbonyl (C=O) groups excluding carboxylic acids is 1. The van der Waals surface area contributed by atoms with Crippen molar-refractivity contribution in [2.45, 2.75) is 58.1 Å². The highest BCUT2D eigenvalue weighted by Gasteiger charge is 2.26. The summed E-state index contributed by atoms with van der Waals surface area (Å²) in [6.45, 7) is 8.63. The average Bonchev–Trinajstić information content (AvgIpc) is 3.08. The number of hydrogen-bond acceptors (Lipinski definition) is 5. The molecule has 3 rings (SSSR count). The van der Waals surface area contributed by atoms with Crippen LogP contribution in [0.4, 0.5) is 21.9 Å². The standard InChI is InChI=1S/C20H32N4O2/c1-20(2,3)26-19(25)24-12-10-23(11-13-24)16-8-9-17(21)18(14-16)22-15-6-4-5-7-15/h8-9,14-15,22H,4-7,10-13,21H2,1-3H3. The van der Waals surface area contributed by atoms with Gasteiger partial charge in [0.2, 0.25) is 0 Å². The molecule has 3 N–H and O–H groups in total. The molecule has 2 aliphatic rings. The Hall–Kier alpha value is -2.11. The van der Waals surface area contributed by atoms with Gasteiger partial charge >= 0.3 is 6.09 Å². The van der Waals surface area contributed by atoms with Gasteiger partial charge in [0, 0.05) is 37.9 Å². The maximum atomic E-state index is 12.2. The van der Waals surface area contributed by atoms with Crippen LogP contribution >= 0.6 is 0 Å². The lowest BCUT2D eigenvalue weighted by atomic mass is 10.1. The van der Waals surface area contributed by atoms with E-state index in [4.69, 9.17) is 10.5 Å². The number of ether oxygens (including phenoxy) is 1. The number of benzene rings is 1. The van der Waals surface area contributed by atoms with Crippen molar-refractivity contribution >= 4 is 23.2 Å². The van der Waals surface area contributed by atoms with E-state index in [1.807, 2.05) is 26.8 Å². The number of carbonyl (C=O) groups is 1. The summed E-state index contributed by atoms with van der Waals surface area (Å²) >= 11 is 0. The van der Waals surface area contributed by atoms with Gasteiger partial charge in [-0.2, -0.15) is 0 Å². The van der Waals surface area contributed by atoms with Crippen LogP contribution in [-0.4, -0.2) is 48.8 Å². The number of nitrogens with two attached hydrogens (primary N) is 1. The molecule has 0 bridgehead atoms. The van der Waals surface area contributed by atoms with Gasteiger partial charge in [-0.25, -0.2) is 4.79 Å². The van der Waals surface area contributed by atoms with Gasteiger partial charge in [0.15, 0.2) is 0 Å². The SMILES string of the molecule is CC(C)(C)OC(=O)N1CCN(c2ccc(N)c(NC3CCCC3)c2)CC1. The molecule has 6 nitrogen and oxygen atoms in total. The van der Waals surface area contributed by atoms with E-state index in [0.717, 1.165) is 30.2 Å². The van der Waals surface area contributed by atoms with Crippen LogP contribution in [-0.2, 0) is 4.74 Å². The number of hydrogen-bond donors (Lipinski definition) is 2. The summed E-state index contributed by atoms with van der Waals surface area (Å²) in [5.74, 6) is 0. The number of rotatable bonds is 3. The van der Waals surface area contributed by atoms with Crippen molar-refractivity contribution in [3.63, 3.8) is 0 Å². The van der Waals surface area contributed by atoms with Crippen molar-refractivity contribution in [2.75, 3.05) is 42.1 Å². The maximum Gasteiger partial charge on any atom is 0.410 e. The Labute approximate surface area is 156 Å². The minimum atomic E-state index is -0.452. The van der Waals surface area contributed by atoms with E-state index >= 15 is 0 Å². The minimum Gasteiger partial charge on any atom is -0.444 e. The predicted molar refractivity (Wildman–Crippen MR) is 107 cm³/mol. The fraction of sp³-hybridized carbons (Fsp3) is 0.650. The molecule has 0 aromatic heterocycles. The Morgan fingerprint density at radius 2 is 1.81 bits per heavy atom. The minimum absolute atomic E-state index is 0.224. The fourth-order valence-corrected chi connectivity index (χ4v) is 3.63. The van der Waals surface area contributed by atoms with E-state index in [1.54, 1.807) is 4.90 Å². The summed E-state index contributed by atoms with van der Waals surface area (Å²) in [4.78, 5) is 16.3. The second-order valence-electron chi connectivity index (χ2n) is 8.35. The number of anilines is 3. The summed E-state index contributed by atoms with van der Waals surface area (Å²) < 4.78 is 5.47. The molecule has 0 radical (unpaired) electrons. The third kappa shape index (κ3) is 4.74. The first-order valence-corrected chi connectivity index (χ1v) is 9.71. The van der Waals surface area contributed by atoms with Gasteiger partial charge in [0.05, 0.1) is 11.4 Å². The van der Waals surface area contributed by atoms with E-state index in [-0.39, 0.29) is 6.09 Å². The van der Waals surface area contributed by atoms with Gasteiger partial charge in [0.1, 0.15) is 5.60 Å². The van der Waals surface area contributed by atoms with E-state index in [9.17, 15) is 4.79 Å².